The van der Waals surface area contributed by atoms with Gasteiger partial charge in [-0.05, 0) is 32.9 Å². The van der Waals surface area contributed by atoms with Crippen LogP contribution in [0.2, 0.25) is 0 Å². The number of carbonyl (C=O) groups excluding carboxylic acids is 1. The highest BCUT2D eigenvalue weighted by Gasteiger charge is 2.18. The summed E-state index contributed by atoms with van der Waals surface area (Å²) in [6, 6.07) is 9.84. The van der Waals surface area contributed by atoms with Crippen LogP contribution in [0, 0.1) is 13.8 Å². The maximum Gasteiger partial charge on any atom is 0.315 e. The zero-order valence-corrected chi connectivity index (χ0v) is 14.7. The van der Waals surface area contributed by atoms with E-state index >= 15 is 0 Å². The normalized spacial score (nSPS) is 13.4. The van der Waals surface area contributed by atoms with Gasteiger partial charge in [0.2, 0.25) is 0 Å². The number of hydrogen-bond acceptors (Lipinski definition) is 4. The fraction of sp³-hybridized carbons (Fsp3) is 0.412. The van der Waals surface area contributed by atoms with E-state index in [1.807, 2.05) is 39.0 Å². The van der Waals surface area contributed by atoms with E-state index in [-0.39, 0.29) is 17.3 Å². The third-order valence-corrected chi connectivity index (χ3v) is 4.61. The predicted octanol–water partition coefficient (Wildman–Crippen LogP) is 3.83. The van der Waals surface area contributed by atoms with Crippen molar-refractivity contribution in [3.8, 4) is 0 Å². The number of benzene rings is 1. The van der Waals surface area contributed by atoms with Crippen molar-refractivity contribution in [2.75, 3.05) is 6.54 Å². The maximum atomic E-state index is 12.0. The summed E-state index contributed by atoms with van der Waals surface area (Å²) in [5.74, 6) is 0.739. The van der Waals surface area contributed by atoms with Crippen molar-refractivity contribution in [2.24, 2.45) is 0 Å². The number of carbonyl (C=O) groups is 1. The largest absolute Gasteiger partial charge is 0.361 e. The molecule has 2 rings (SSSR count). The Bertz CT molecular complexity index is 623. The number of nitrogens with zero attached hydrogens (tertiary/aromatic N) is 1. The third-order valence-electron chi connectivity index (χ3n) is 3.50. The molecule has 0 spiro atoms. The fourth-order valence-electron chi connectivity index (χ4n) is 2.44. The number of hydrogen-bond donors (Lipinski definition) is 2. The van der Waals surface area contributed by atoms with Gasteiger partial charge in [-0.3, -0.25) is 0 Å². The van der Waals surface area contributed by atoms with Gasteiger partial charge in [-0.1, -0.05) is 30.3 Å². The minimum Gasteiger partial charge on any atom is -0.361 e. The van der Waals surface area contributed by atoms with Gasteiger partial charge in [0.15, 0.2) is 0 Å². The second-order valence-corrected chi connectivity index (χ2v) is 7.07. The monoisotopic (exact) mass is 333 g/mol. The molecule has 1 heterocycles. The molecule has 6 heteroatoms. The maximum absolute atomic E-state index is 12.0. The third kappa shape index (κ3) is 5.03. The molecule has 2 N–H and O–H groups in total. The van der Waals surface area contributed by atoms with Crippen LogP contribution < -0.4 is 10.6 Å². The van der Waals surface area contributed by atoms with Crippen LogP contribution in [0.15, 0.2) is 39.8 Å². The molecule has 0 unspecified atom stereocenters. The predicted molar refractivity (Wildman–Crippen MR) is 92.7 cm³/mol. The van der Waals surface area contributed by atoms with Gasteiger partial charge >= 0.3 is 6.03 Å². The number of aromatic nitrogens is 1. The molecule has 0 aliphatic heterocycles. The summed E-state index contributed by atoms with van der Waals surface area (Å²) in [7, 11) is 0. The molecular formula is C17H23N3O2S. The summed E-state index contributed by atoms with van der Waals surface area (Å²) in [5, 5.41) is 10.0. The molecule has 1 aromatic heterocycles. The molecule has 0 saturated carbocycles. The first-order valence-corrected chi connectivity index (χ1v) is 8.54. The summed E-state index contributed by atoms with van der Waals surface area (Å²) in [6.45, 7) is 8.34. The summed E-state index contributed by atoms with van der Waals surface area (Å²) in [5.41, 5.74) is 1.75. The van der Waals surface area contributed by atoms with Crippen LogP contribution in [0.25, 0.3) is 0 Å². The van der Waals surface area contributed by atoms with Gasteiger partial charge in [-0.15, -0.1) is 11.8 Å². The van der Waals surface area contributed by atoms with E-state index in [2.05, 4.69) is 34.8 Å². The number of urea groups is 1. The lowest BCUT2D eigenvalue weighted by Crippen LogP contribution is -2.39. The second-order valence-electron chi connectivity index (χ2n) is 5.56. The summed E-state index contributed by atoms with van der Waals surface area (Å²) >= 11 is 1.74. The zero-order chi connectivity index (χ0) is 16.8. The average Bonchev–Trinajstić information content (AvgIpc) is 2.85. The van der Waals surface area contributed by atoms with Crippen molar-refractivity contribution >= 4 is 17.8 Å². The quantitative estimate of drug-likeness (QED) is 0.788. The molecule has 0 aliphatic carbocycles. The Morgan fingerprint density at radius 3 is 2.57 bits per heavy atom. The van der Waals surface area contributed by atoms with Crippen molar-refractivity contribution in [1.29, 1.82) is 0 Å². The van der Waals surface area contributed by atoms with Gasteiger partial charge < -0.3 is 15.2 Å². The van der Waals surface area contributed by atoms with E-state index in [9.17, 15) is 4.79 Å². The van der Waals surface area contributed by atoms with Gasteiger partial charge in [0.05, 0.1) is 11.7 Å². The van der Waals surface area contributed by atoms with Crippen LogP contribution in [0.3, 0.4) is 0 Å². The van der Waals surface area contributed by atoms with Gasteiger partial charge in [-0.25, -0.2) is 4.79 Å². The van der Waals surface area contributed by atoms with E-state index in [0.29, 0.717) is 6.54 Å². The van der Waals surface area contributed by atoms with Gasteiger partial charge in [-0.2, -0.15) is 0 Å². The molecule has 2 atom stereocenters. The number of rotatable bonds is 6. The lowest BCUT2D eigenvalue weighted by atomic mass is 10.1. The Balaban J connectivity index is 1.79. The first kappa shape index (κ1) is 17.4. The Morgan fingerprint density at radius 1 is 1.26 bits per heavy atom. The smallest absolute Gasteiger partial charge is 0.315 e. The molecule has 0 bridgehead atoms. The second kappa shape index (κ2) is 8.06. The van der Waals surface area contributed by atoms with Crippen LogP contribution in [0.1, 0.15) is 36.9 Å². The number of amides is 2. The average molecular weight is 333 g/mol. The van der Waals surface area contributed by atoms with E-state index in [1.54, 1.807) is 11.8 Å². The Hall–Kier alpha value is -1.95. The molecule has 0 radical (unpaired) electrons. The minimum absolute atomic E-state index is 0.140. The summed E-state index contributed by atoms with van der Waals surface area (Å²) < 4.78 is 5.14. The molecule has 0 saturated heterocycles. The molecule has 0 aliphatic rings. The van der Waals surface area contributed by atoms with E-state index in [4.69, 9.17) is 4.52 Å². The topological polar surface area (TPSA) is 67.2 Å². The van der Waals surface area contributed by atoms with Crippen molar-refractivity contribution in [1.82, 2.24) is 15.8 Å². The van der Waals surface area contributed by atoms with Crippen molar-refractivity contribution in [2.45, 2.75) is 43.9 Å². The van der Waals surface area contributed by atoms with Crippen molar-refractivity contribution < 1.29 is 9.32 Å². The standard InChI is InChI=1S/C17H23N3O2S/c1-11(23-15-8-6-5-7-9-15)10-18-17(21)19-12(2)16-13(3)20-22-14(16)4/h5-9,11-12H,10H2,1-4H3,(H2,18,19,21)/t11-,12+/m1/s1. The molecule has 124 valence electrons. The van der Waals surface area contributed by atoms with Crippen LogP contribution in [-0.2, 0) is 0 Å². The molecular weight excluding hydrogens is 310 g/mol. The highest BCUT2D eigenvalue weighted by atomic mass is 32.2. The SMILES string of the molecule is Cc1noc(C)c1[C@H](C)NC(=O)NC[C@@H](C)Sc1ccccc1. The van der Waals surface area contributed by atoms with E-state index in [1.165, 1.54) is 4.90 Å². The van der Waals surface area contributed by atoms with Crippen LogP contribution in [0.4, 0.5) is 4.79 Å². The molecule has 2 aromatic rings. The number of nitrogens with one attached hydrogen (secondary N) is 2. The van der Waals surface area contributed by atoms with Crippen LogP contribution >= 0.6 is 11.8 Å². The fourth-order valence-corrected chi connectivity index (χ4v) is 3.38. The van der Waals surface area contributed by atoms with Crippen molar-refractivity contribution in [3.05, 3.63) is 47.3 Å². The van der Waals surface area contributed by atoms with Crippen LogP contribution in [0.5, 0.6) is 0 Å². The zero-order valence-electron chi connectivity index (χ0n) is 13.9. The van der Waals surface area contributed by atoms with Crippen LogP contribution in [-0.4, -0.2) is 23.0 Å². The molecule has 23 heavy (non-hydrogen) atoms. The number of aryl methyl sites for hydroxylation is 2. The minimum atomic E-state index is -0.182. The van der Waals surface area contributed by atoms with E-state index in [0.717, 1.165) is 17.0 Å². The molecule has 5 nitrogen and oxygen atoms in total. The summed E-state index contributed by atoms with van der Waals surface area (Å²) in [4.78, 5) is 13.2. The molecule has 0 fully saturated rings. The highest BCUT2D eigenvalue weighted by molar-refractivity contribution is 8.00. The van der Waals surface area contributed by atoms with E-state index < -0.39 is 0 Å². The highest BCUT2D eigenvalue weighted by Crippen LogP contribution is 2.22. The molecule has 2 amide bonds. The molecule has 1 aromatic carbocycles. The van der Waals surface area contributed by atoms with Crippen molar-refractivity contribution in [3.63, 3.8) is 0 Å². The van der Waals surface area contributed by atoms with Gasteiger partial charge in [0, 0.05) is 22.3 Å². The lowest BCUT2D eigenvalue weighted by molar-refractivity contribution is 0.238. The first-order valence-electron chi connectivity index (χ1n) is 7.66. The van der Waals surface area contributed by atoms with Gasteiger partial charge in [0.1, 0.15) is 5.76 Å². The Labute approximate surface area is 141 Å². The summed E-state index contributed by atoms with van der Waals surface area (Å²) in [6.07, 6.45) is 0. The Morgan fingerprint density at radius 2 is 1.96 bits per heavy atom. The first-order chi connectivity index (χ1) is 11.0. The Kier molecular flexibility index (Phi) is 6.10. The lowest BCUT2D eigenvalue weighted by Gasteiger charge is -2.16. The number of thioether (sulfide) groups is 1. The van der Waals surface area contributed by atoms with Gasteiger partial charge in [0.25, 0.3) is 0 Å².